The normalized spacial score (nSPS) is 14.8. The lowest BCUT2D eigenvalue weighted by Crippen LogP contribution is -1.86. The van der Waals surface area contributed by atoms with Crippen molar-refractivity contribution in [1.82, 2.24) is 4.98 Å². The van der Waals surface area contributed by atoms with Crippen molar-refractivity contribution in [2.75, 3.05) is 0 Å². The molecule has 0 aliphatic carbocycles. The first-order chi connectivity index (χ1) is 7.86. The number of aryl methyl sites for hydroxylation is 2. The van der Waals surface area contributed by atoms with Gasteiger partial charge in [0.2, 0.25) is 0 Å². The van der Waals surface area contributed by atoms with E-state index < -0.39 is 0 Å². The molecular formula is C14H14N2. The van der Waals surface area contributed by atoms with Crippen molar-refractivity contribution in [3.63, 3.8) is 0 Å². The van der Waals surface area contributed by atoms with E-state index in [-0.39, 0.29) is 0 Å². The van der Waals surface area contributed by atoms with Gasteiger partial charge in [0, 0.05) is 22.7 Å². The van der Waals surface area contributed by atoms with E-state index in [1.54, 1.807) is 0 Å². The quantitative estimate of drug-likeness (QED) is 0.687. The van der Waals surface area contributed by atoms with Crippen molar-refractivity contribution in [3.05, 3.63) is 41.5 Å². The summed E-state index contributed by atoms with van der Waals surface area (Å²) in [5.74, 6) is 1.02. The fourth-order valence-electron chi connectivity index (χ4n) is 2.35. The lowest BCUT2D eigenvalue weighted by Gasteiger charge is -2.02. The maximum absolute atomic E-state index is 4.46. The summed E-state index contributed by atoms with van der Waals surface area (Å²) in [6.07, 6.45) is 8.20. The number of nitrogens with one attached hydrogen (secondary N) is 1. The van der Waals surface area contributed by atoms with Gasteiger partial charge in [0.15, 0.2) is 0 Å². The van der Waals surface area contributed by atoms with Crippen molar-refractivity contribution in [3.8, 4) is 0 Å². The number of aliphatic imine (C=N–C) groups is 1. The summed E-state index contributed by atoms with van der Waals surface area (Å²) in [6.45, 7) is 2.16. The second-order valence-electron chi connectivity index (χ2n) is 4.19. The third-order valence-electron chi connectivity index (χ3n) is 3.10. The smallest absolute Gasteiger partial charge is 0.134 e. The predicted molar refractivity (Wildman–Crippen MR) is 68.6 cm³/mol. The fourth-order valence-corrected chi connectivity index (χ4v) is 2.35. The molecular weight excluding hydrogens is 196 g/mol. The number of aromatic nitrogens is 1. The van der Waals surface area contributed by atoms with Gasteiger partial charge in [-0.25, -0.2) is 4.99 Å². The Morgan fingerprint density at radius 3 is 3.19 bits per heavy atom. The van der Waals surface area contributed by atoms with Crippen LogP contribution in [-0.2, 0) is 6.42 Å². The Bertz CT molecular complexity index is 588. The molecule has 2 nitrogen and oxygen atoms in total. The molecule has 1 aliphatic heterocycles. The third kappa shape index (κ3) is 1.38. The number of benzene rings is 1. The summed E-state index contributed by atoms with van der Waals surface area (Å²) in [4.78, 5) is 7.85. The average Bonchev–Trinajstić information content (AvgIpc) is 2.57. The highest BCUT2D eigenvalue weighted by molar-refractivity contribution is 5.92. The van der Waals surface area contributed by atoms with Gasteiger partial charge in [-0.2, -0.15) is 0 Å². The molecule has 0 amide bonds. The van der Waals surface area contributed by atoms with E-state index in [4.69, 9.17) is 0 Å². The molecule has 0 saturated heterocycles. The van der Waals surface area contributed by atoms with Crippen molar-refractivity contribution in [2.24, 2.45) is 4.99 Å². The van der Waals surface area contributed by atoms with E-state index in [1.807, 2.05) is 12.3 Å². The minimum absolute atomic E-state index is 1.02. The predicted octanol–water partition coefficient (Wildman–Crippen LogP) is 3.68. The molecule has 0 unspecified atom stereocenters. The number of hydrogen-bond donors (Lipinski definition) is 1. The summed E-state index contributed by atoms with van der Waals surface area (Å²) < 4.78 is 0. The highest BCUT2D eigenvalue weighted by atomic mass is 14.9. The van der Waals surface area contributed by atoms with Crippen LogP contribution in [0.25, 0.3) is 10.9 Å². The Morgan fingerprint density at radius 1 is 1.31 bits per heavy atom. The molecule has 2 heteroatoms. The van der Waals surface area contributed by atoms with Crippen molar-refractivity contribution in [2.45, 2.75) is 19.8 Å². The van der Waals surface area contributed by atoms with Gasteiger partial charge in [-0.3, -0.25) is 0 Å². The molecule has 2 heterocycles. The van der Waals surface area contributed by atoms with Crippen LogP contribution in [0.3, 0.4) is 0 Å². The molecule has 0 spiro atoms. The first kappa shape index (κ1) is 9.40. The molecule has 0 atom stereocenters. The van der Waals surface area contributed by atoms with Crippen LogP contribution in [-0.4, -0.2) is 11.2 Å². The lowest BCUT2D eigenvalue weighted by atomic mass is 10.0. The number of aromatic amines is 1. The van der Waals surface area contributed by atoms with Gasteiger partial charge in [-0.05, 0) is 37.5 Å². The first-order valence-corrected chi connectivity index (χ1v) is 5.65. The van der Waals surface area contributed by atoms with Gasteiger partial charge in [-0.15, -0.1) is 0 Å². The first-order valence-electron chi connectivity index (χ1n) is 5.65. The summed E-state index contributed by atoms with van der Waals surface area (Å²) in [5.41, 5.74) is 3.88. The number of allylic oxidation sites excluding steroid dienone is 2. The van der Waals surface area contributed by atoms with Crippen LogP contribution in [0, 0.1) is 6.92 Å². The highest BCUT2D eigenvalue weighted by Gasteiger charge is 2.12. The molecule has 1 aromatic carbocycles. The fraction of sp³-hybridized carbons (Fsp3) is 0.214. The van der Waals surface area contributed by atoms with Gasteiger partial charge in [0.25, 0.3) is 0 Å². The summed E-state index contributed by atoms with van der Waals surface area (Å²) in [5, 5.41) is 1.35. The molecule has 1 aliphatic rings. The Hall–Kier alpha value is -1.83. The summed E-state index contributed by atoms with van der Waals surface area (Å²) >= 11 is 0. The minimum Gasteiger partial charge on any atom is -0.339 e. The SMILES string of the molecule is Cc1cccc2[nH]c3c(c12)CCC=CC=N3. The molecule has 1 N–H and O–H groups in total. The second kappa shape index (κ2) is 3.63. The van der Waals surface area contributed by atoms with Crippen LogP contribution < -0.4 is 0 Å². The molecule has 16 heavy (non-hydrogen) atoms. The Morgan fingerprint density at radius 2 is 2.25 bits per heavy atom. The van der Waals surface area contributed by atoms with Crippen LogP contribution in [0.15, 0.2) is 35.3 Å². The molecule has 0 saturated carbocycles. The number of nitrogens with zero attached hydrogens (tertiary/aromatic N) is 1. The van der Waals surface area contributed by atoms with Gasteiger partial charge in [0.1, 0.15) is 5.82 Å². The number of H-pyrrole nitrogens is 1. The third-order valence-corrected chi connectivity index (χ3v) is 3.10. The van der Waals surface area contributed by atoms with Gasteiger partial charge in [0.05, 0.1) is 0 Å². The zero-order valence-electron chi connectivity index (χ0n) is 9.33. The van der Waals surface area contributed by atoms with Crippen LogP contribution in [0.1, 0.15) is 17.5 Å². The molecule has 1 aromatic heterocycles. The van der Waals surface area contributed by atoms with Gasteiger partial charge >= 0.3 is 0 Å². The molecule has 80 valence electrons. The van der Waals surface area contributed by atoms with Gasteiger partial charge in [-0.1, -0.05) is 18.2 Å². The highest BCUT2D eigenvalue weighted by Crippen LogP contribution is 2.32. The van der Waals surface area contributed by atoms with Gasteiger partial charge < -0.3 is 4.98 Å². The molecule has 2 aromatic rings. The monoisotopic (exact) mass is 210 g/mol. The molecule has 0 fully saturated rings. The lowest BCUT2D eigenvalue weighted by molar-refractivity contribution is 1.01. The molecule has 0 bridgehead atoms. The maximum atomic E-state index is 4.46. The standard InChI is InChI=1S/C14H14N2/c1-10-6-5-8-12-13(10)11-7-3-2-4-9-15-14(11)16-12/h2,4-6,8-9,16H,3,7H2,1H3. The number of hydrogen-bond acceptors (Lipinski definition) is 1. The van der Waals surface area contributed by atoms with Crippen molar-refractivity contribution in [1.29, 1.82) is 0 Å². The van der Waals surface area contributed by atoms with E-state index in [1.165, 1.54) is 22.0 Å². The average molecular weight is 210 g/mol. The van der Waals surface area contributed by atoms with E-state index in [2.05, 4.69) is 41.2 Å². The van der Waals surface area contributed by atoms with E-state index in [9.17, 15) is 0 Å². The van der Waals surface area contributed by atoms with E-state index in [0.717, 1.165) is 18.7 Å². The van der Waals surface area contributed by atoms with Crippen LogP contribution >= 0.6 is 0 Å². The maximum Gasteiger partial charge on any atom is 0.134 e. The van der Waals surface area contributed by atoms with Crippen molar-refractivity contribution < 1.29 is 0 Å². The molecule has 3 rings (SSSR count). The zero-order valence-corrected chi connectivity index (χ0v) is 9.33. The number of fused-ring (bicyclic) bond motifs is 3. The second-order valence-corrected chi connectivity index (χ2v) is 4.19. The van der Waals surface area contributed by atoms with Crippen LogP contribution in [0.4, 0.5) is 5.82 Å². The van der Waals surface area contributed by atoms with E-state index in [0.29, 0.717) is 0 Å². The summed E-state index contributed by atoms with van der Waals surface area (Å²) in [7, 11) is 0. The van der Waals surface area contributed by atoms with E-state index >= 15 is 0 Å². The van der Waals surface area contributed by atoms with Crippen LogP contribution in [0.5, 0.6) is 0 Å². The van der Waals surface area contributed by atoms with Crippen LogP contribution in [0.2, 0.25) is 0 Å². The largest absolute Gasteiger partial charge is 0.339 e. The summed E-state index contributed by atoms with van der Waals surface area (Å²) in [6, 6.07) is 6.37. The topological polar surface area (TPSA) is 28.1 Å². The number of rotatable bonds is 0. The Labute approximate surface area is 94.7 Å². The van der Waals surface area contributed by atoms with Crippen molar-refractivity contribution >= 4 is 22.9 Å². The minimum atomic E-state index is 1.02. The Balaban J connectivity index is 2.32. The Kier molecular flexibility index (Phi) is 2.13. The zero-order chi connectivity index (χ0) is 11.0. The molecule has 0 radical (unpaired) electrons.